The Hall–Kier alpha value is -2.24. The molecule has 1 unspecified atom stereocenters. The first-order chi connectivity index (χ1) is 11.8. The maximum Gasteiger partial charge on any atom is 0.308 e. The van der Waals surface area contributed by atoms with Gasteiger partial charge in [0.15, 0.2) is 11.5 Å². The molecular weight excluding hydrogens is 322 g/mol. The number of likely N-dealkylation sites (tertiary alicyclic amines) is 1. The SMILES string of the molecule is CCOc1ccc(C(C)(C)C(=O)N2CCC(C(=O)O)C2)cc1OCC. The van der Waals surface area contributed by atoms with Crippen molar-refractivity contribution in [1.82, 2.24) is 4.90 Å². The fourth-order valence-corrected chi connectivity index (χ4v) is 3.10. The van der Waals surface area contributed by atoms with E-state index in [1.165, 1.54) is 0 Å². The Morgan fingerprint density at radius 3 is 2.40 bits per heavy atom. The molecule has 1 N–H and O–H groups in total. The molecule has 0 aromatic heterocycles. The lowest BCUT2D eigenvalue weighted by Crippen LogP contribution is -2.42. The fourth-order valence-electron chi connectivity index (χ4n) is 3.10. The fraction of sp³-hybridized carbons (Fsp3) is 0.579. The topological polar surface area (TPSA) is 76.1 Å². The van der Waals surface area contributed by atoms with E-state index in [4.69, 9.17) is 14.6 Å². The van der Waals surface area contributed by atoms with Crippen LogP contribution in [0.5, 0.6) is 11.5 Å². The van der Waals surface area contributed by atoms with Crippen LogP contribution in [0.4, 0.5) is 0 Å². The number of carboxylic acids is 1. The molecule has 1 aromatic rings. The molecule has 1 aliphatic heterocycles. The number of hydrogen-bond acceptors (Lipinski definition) is 4. The van der Waals surface area contributed by atoms with Gasteiger partial charge in [0.1, 0.15) is 0 Å². The first-order valence-corrected chi connectivity index (χ1v) is 8.73. The highest BCUT2D eigenvalue weighted by molar-refractivity contribution is 5.88. The number of benzene rings is 1. The van der Waals surface area contributed by atoms with E-state index in [0.29, 0.717) is 37.7 Å². The second-order valence-corrected chi connectivity index (χ2v) is 6.73. The summed E-state index contributed by atoms with van der Waals surface area (Å²) >= 11 is 0. The maximum absolute atomic E-state index is 13.0. The largest absolute Gasteiger partial charge is 0.490 e. The third kappa shape index (κ3) is 4.06. The Morgan fingerprint density at radius 2 is 1.84 bits per heavy atom. The zero-order chi connectivity index (χ0) is 18.6. The number of rotatable bonds is 7. The van der Waals surface area contributed by atoms with Crippen LogP contribution in [0.2, 0.25) is 0 Å². The second-order valence-electron chi connectivity index (χ2n) is 6.73. The molecule has 0 aliphatic carbocycles. The van der Waals surface area contributed by atoms with Crippen molar-refractivity contribution in [2.45, 2.75) is 39.5 Å². The first kappa shape index (κ1) is 19.1. The van der Waals surface area contributed by atoms with Crippen molar-refractivity contribution >= 4 is 11.9 Å². The number of amides is 1. The molecule has 1 aromatic carbocycles. The molecule has 1 aliphatic rings. The number of aliphatic carboxylic acids is 1. The number of carbonyl (C=O) groups is 2. The summed E-state index contributed by atoms with van der Waals surface area (Å²) < 4.78 is 11.2. The number of ether oxygens (including phenoxy) is 2. The van der Waals surface area contributed by atoms with Gasteiger partial charge in [-0.15, -0.1) is 0 Å². The molecule has 138 valence electrons. The summed E-state index contributed by atoms with van der Waals surface area (Å²) in [7, 11) is 0. The van der Waals surface area contributed by atoms with Crippen LogP contribution in [-0.4, -0.2) is 48.2 Å². The summed E-state index contributed by atoms with van der Waals surface area (Å²) in [5.74, 6) is -0.106. The molecule has 1 amide bonds. The van der Waals surface area contributed by atoms with Gasteiger partial charge in [-0.2, -0.15) is 0 Å². The highest BCUT2D eigenvalue weighted by Gasteiger charge is 2.39. The lowest BCUT2D eigenvalue weighted by Gasteiger charge is -2.30. The lowest BCUT2D eigenvalue weighted by atomic mass is 9.83. The zero-order valence-corrected chi connectivity index (χ0v) is 15.4. The molecule has 6 heteroatoms. The van der Waals surface area contributed by atoms with Crippen molar-refractivity contribution in [1.29, 1.82) is 0 Å². The Morgan fingerprint density at radius 1 is 1.20 bits per heavy atom. The predicted octanol–water partition coefficient (Wildman–Crippen LogP) is 2.69. The monoisotopic (exact) mass is 349 g/mol. The average Bonchev–Trinajstić information content (AvgIpc) is 3.06. The quantitative estimate of drug-likeness (QED) is 0.819. The highest BCUT2D eigenvalue weighted by Crippen LogP contribution is 2.35. The van der Waals surface area contributed by atoms with Crippen molar-refractivity contribution in [2.24, 2.45) is 5.92 Å². The number of nitrogens with zero attached hydrogens (tertiary/aromatic N) is 1. The average molecular weight is 349 g/mol. The van der Waals surface area contributed by atoms with Crippen LogP contribution < -0.4 is 9.47 Å². The lowest BCUT2D eigenvalue weighted by molar-refractivity contribution is -0.141. The standard InChI is InChI=1S/C19H27NO5/c1-5-24-15-8-7-14(11-16(15)25-6-2)19(3,4)18(23)20-10-9-13(12-20)17(21)22/h7-8,11,13H,5-6,9-10,12H2,1-4H3,(H,21,22). The van der Waals surface area contributed by atoms with Gasteiger partial charge < -0.3 is 19.5 Å². The van der Waals surface area contributed by atoms with E-state index >= 15 is 0 Å². The normalized spacial score (nSPS) is 17.4. The smallest absolute Gasteiger partial charge is 0.308 e. The molecular formula is C19H27NO5. The van der Waals surface area contributed by atoms with Crippen LogP contribution in [0.25, 0.3) is 0 Å². The van der Waals surface area contributed by atoms with Crippen LogP contribution in [0.1, 0.15) is 39.7 Å². The Balaban J connectivity index is 2.24. The van der Waals surface area contributed by atoms with Crippen molar-refractivity contribution < 1.29 is 24.2 Å². The number of hydrogen-bond donors (Lipinski definition) is 1. The van der Waals surface area contributed by atoms with Crippen LogP contribution >= 0.6 is 0 Å². The second kappa shape index (κ2) is 7.76. The first-order valence-electron chi connectivity index (χ1n) is 8.73. The predicted molar refractivity (Wildman–Crippen MR) is 94.1 cm³/mol. The summed E-state index contributed by atoms with van der Waals surface area (Å²) in [6.45, 7) is 9.31. The molecule has 1 saturated heterocycles. The van der Waals surface area contributed by atoms with Crippen molar-refractivity contribution in [3.8, 4) is 11.5 Å². The summed E-state index contributed by atoms with van der Waals surface area (Å²) in [4.78, 5) is 25.8. The van der Waals surface area contributed by atoms with Gasteiger partial charge in [-0.3, -0.25) is 9.59 Å². The summed E-state index contributed by atoms with van der Waals surface area (Å²) in [5, 5.41) is 9.14. The highest BCUT2D eigenvalue weighted by atomic mass is 16.5. The number of carbonyl (C=O) groups excluding carboxylic acids is 1. The zero-order valence-electron chi connectivity index (χ0n) is 15.4. The van der Waals surface area contributed by atoms with E-state index in [9.17, 15) is 9.59 Å². The summed E-state index contributed by atoms with van der Waals surface area (Å²) in [6, 6.07) is 5.54. The molecule has 2 rings (SSSR count). The van der Waals surface area contributed by atoms with Gasteiger partial charge in [-0.05, 0) is 51.8 Å². The molecule has 1 fully saturated rings. The Kier molecular flexibility index (Phi) is 5.93. The van der Waals surface area contributed by atoms with Crippen LogP contribution in [-0.2, 0) is 15.0 Å². The maximum atomic E-state index is 13.0. The summed E-state index contributed by atoms with van der Waals surface area (Å²) in [6.07, 6.45) is 0.505. The molecule has 0 bridgehead atoms. The minimum atomic E-state index is -0.840. The molecule has 0 saturated carbocycles. The molecule has 1 heterocycles. The number of carboxylic acid groups (broad SMARTS) is 1. The van der Waals surface area contributed by atoms with Crippen LogP contribution in [0, 0.1) is 5.92 Å². The van der Waals surface area contributed by atoms with E-state index in [2.05, 4.69) is 0 Å². The third-order valence-electron chi connectivity index (χ3n) is 4.62. The van der Waals surface area contributed by atoms with Crippen LogP contribution in [0.3, 0.4) is 0 Å². The molecule has 0 radical (unpaired) electrons. The van der Waals surface area contributed by atoms with Gasteiger partial charge in [-0.1, -0.05) is 6.07 Å². The van der Waals surface area contributed by atoms with Gasteiger partial charge in [0.2, 0.25) is 5.91 Å². The van der Waals surface area contributed by atoms with E-state index in [1.807, 2.05) is 45.9 Å². The van der Waals surface area contributed by atoms with E-state index in [0.717, 1.165) is 5.56 Å². The Bertz CT molecular complexity index is 641. The summed E-state index contributed by atoms with van der Waals surface area (Å²) in [5.41, 5.74) is 0.0486. The van der Waals surface area contributed by atoms with Gasteiger partial charge in [-0.25, -0.2) is 0 Å². The molecule has 0 spiro atoms. The van der Waals surface area contributed by atoms with Gasteiger partial charge in [0, 0.05) is 13.1 Å². The van der Waals surface area contributed by atoms with Crippen molar-refractivity contribution in [3.05, 3.63) is 23.8 Å². The Labute approximate surface area is 148 Å². The molecule has 1 atom stereocenters. The molecule has 25 heavy (non-hydrogen) atoms. The van der Waals surface area contributed by atoms with Gasteiger partial charge in [0.25, 0.3) is 0 Å². The van der Waals surface area contributed by atoms with E-state index < -0.39 is 17.3 Å². The van der Waals surface area contributed by atoms with Crippen LogP contribution in [0.15, 0.2) is 18.2 Å². The minimum absolute atomic E-state index is 0.0668. The third-order valence-corrected chi connectivity index (χ3v) is 4.62. The van der Waals surface area contributed by atoms with E-state index in [-0.39, 0.29) is 12.5 Å². The van der Waals surface area contributed by atoms with Crippen molar-refractivity contribution in [2.75, 3.05) is 26.3 Å². The van der Waals surface area contributed by atoms with Crippen molar-refractivity contribution in [3.63, 3.8) is 0 Å². The molecule has 6 nitrogen and oxygen atoms in total. The minimum Gasteiger partial charge on any atom is -0.490 e. The van der Waals surface area contributed by atoms with E-state index in [1.54, 1.807) is 4.90 Å². The van der Waals surface area contributed by atoms with Gasteiger partial charge in [0.05, 0.1) is 24.5 Å². The van der Waals surface area contributed by atoms with Gasteiger partial charge >= 0.3 is 5.97 Å².